The van der Waals surface area contributed by atoms with E-state index in [2.05, 4.69) is 50.2 Å². The van der Waals surface area contributed by atoms with Crippen molar-refractivity contribution >= 4 is 5.78 Å². The van der Waals surface area contributed by atoms with Crippen LogP contribution in [0.25, 0.3) is 0 Å². The molecule has 0 aromatic heterocycles. The average Bonchev–Trinajstić information content (AvgIpc) is 2.47. The standard InChI is InChI=1S/C19H31NO/c1-5-6-7-11-14-19(17(2)21,15-16-20(3)4)18-12-9-8-10-13-18/h8-10,12-13H,5-7,11,14-16H2,1-4H3/t19-/m1/s1. The SMILES string of the molecule is CCCCCC[C@@](CCN(C)C)(C(C)=O)c1ccccc1. The van der Waals surface area contributed by atoms with E-state index in [1.807, 2.05) is 6.07 Å². The van der Waals surface area contributed by atoms with E-state index in [0.29, 0.717) is 5.78 Å². The minimum atomic E-state index is -0.306. The average molecular weight is 289 g/mol. The number of hydrogen-bond acceptors (Lipinski definition) is 2. The van der Waals surface area contributed by atoms with Crippen LogP contribution >= 0.6 is 0 Å². The van der Waals surface area contributed by atoms with Gasteiger partial charge in [0, 0.05) is 0 Å². The molecular formula is C19H31NO. The lowest BCUT2D eigenvalue weighted by molar-refractivity contribution is -0.123. The Hall–Kier alpha value is -1.15. The fourth-order valence-corrected chi connectivity index (χ4v) is 2.99. The molecule has 2 nitrogen and oxygen atoms in total. The Labute approximate surface area is 130 Å². The molecule has 0 saturated heterocycles. The Morgan fingerprint density at radius 3 is 2.24 bits per heavy atom. The Kier molecular flexibility index (Phi) is 7.66. The smallest absolute Gasteiger partial charge is 0.140 e. The highest BCUT2D eigenvalue weighted by Gasteiger charge is 2.36. The lowest BCUT2D eigenvalue weighted by Crippen LogP contribution is -2.37. The van der Waals surface area contributed by atoms with E-state index in [4.69, 9.17) is 0 Å². The first-order chi connectivity index (χ1) is 10.0. The van der Waals surface area contributed by atoms with Crippen molar-refractivity contribution in [3.63, 3.8) is 0 Å². The fourth-order valence-electron chi connectivity index (χ4n) is 2.99. The van der Waals surface area contributed by atoms with Crippen LogP contribution in [0.2, 0.25) is 0 Å². The van der Waals surface area contributed by atoms with Crippen molar-refractivity contribution in [2.24, 2.45) is 0 Å². The highest BCUT2D eigenvalue weighted by molar-refractivity contribution is 5.88. The molecule has 0 amide bonds. The minimum absolute atomic E-state index is 0.306. The molecule has 1 atom stereocenters. The van der Waals surface area contributed by atoms with Gasteiger partial charge in [-0.2, -0.15) is 0 Å². The van der Waals surface area contributed by atoms with Crippen LogP contribution in [0.3, 0.4) is 0 Å². The zero-order valence-electron chi connectivity index (χ0n) is 14.2. The van der Waals surface area contributed by atoms with E-state index in [9.17, 15) is 4.79 Å². The number of nitrogens with zero attached hydrogens (tertiary/aromatic N) is 1. The monoisotopic (exact) mass is 289 g/mol. The van der Waals surface area contributed by atoms with Gasteiger partial charge in [0.15, 0.2) is 0 Å². The van der Waals surface area contributed by atoms with Gasteiger partial charge in [0.1, 0.15) is 5.78 Å². The van der Waals surface area contributed by atoms with Crippen LogP contribution in [0.1, 0.15) is 57.9 Å². The van der Waals surface area contributed by atoms with Gasteiger partial charge in [-0.05, 0) is 46.0 Å². The third-order valence-electron chi connectivity index (χ3n) is 4.44. The molecule has 0 N–H and O–H groups in total. The largest absolute Gasteiger partial charge is 0.309 e. The third kappa shape index (κ3) is 5.28. The van der Waals surface area contributed by atoms with Crippen molar-refractivity contribution < 1.29 is 4.79 Å². The Morgan fingerprint density at radius 1 is 1.05 bits per heavy atom. The summed E-state index contributed by atoms with van der Waals surface area (Å²) in [7, 11) is 4.15. The Morgan fingerprint density at radius 2 is 1.71 bits per heavy atom. The lowest BCUT2D eigenvalue weighted by atomic mass is 9.71. The van der Waals surface area contributed by atoms with Crippen molar-refractivity contribution in [1.29, 1.82) is 0 Å². The van der Waals surface area contributed by atoms with Gasteiger partial charge in [0.25, 0.3) is 0 Å². The first-order valence-electron chi connectivity index (χ1n) is 8.24. The highest BCUT2D eigenvalue weighted by Crippen LogP contribution is 2.35. The minimum Gasteiger partial charge on any atom is -0.309 e. The molecule has 1 rings (SSSR count). The predicted octanol–water partition coefficient (Wildman–Crippen LogP) is 4.44. The van der Waals surface area contributed by atoms with Crippen LogP contribution in [0, 0.1) is 0 Å². The first-order valence-corrected chi connectivity index (χ1v) is 8.24. The molecular weight excluding hydrogens is 258 g/mol. The van der Waals surface area contributed by atoms with Crippen LogP contribution in [0.15, 0.2) is 30.3 Å². The number of unbranched alkanes of at least 4 members (excludes halogenated alkanes) is 3. The third-order valence-corrected chi connectivity index (χ3v) is 4.44. The van der Waals surface area contributed by atoms with Gasteiger partial charge in [-0.3, -0.25) is 4.79 Å². The topological polar surface area (TPSA) is 20.3 Å². The van der Waals surface area contributed by atoms with Gasteiger partial charge in [-0.1, -0.05) is 62.9 Å². The number of benzene rings is 1. The van der Waals surface area contributed by atoms with E-state index in [-0.39, 0.29) is 5.41 Å². The number of carbonyl (C=O) groups excluding carboxylic acids is 1. The van der Waals surface area contributed by atoms with E-state index >= 15 is 0 Å². The molecule has 1 aromatic carbocycles. The maximum atomic E-state index is 12.5. The Bertz CT molecular complexity index is 413. The molecule has 2 heteroatoms. The summed E-state index contributed by atoms with van der Waals surface area (Å²) in [6, 6.07) is 10.4. The van der Waals surface area contributed by atoms with Gasteiger partial charge in [0.05, 0.1) is 5.41 Å². The van der Waals surface area contributed by atoms with Crippen LogP contribution in [-0.2, 0) is 10.2 Å². The normalized spacial score (nSPS) is 14.1. The number of ketones is 1. The summed E-state index contributed by atoms with van der Waals surface area (Å²) in [5.41, 5.74) is 0.884. The molecule has 0 bridgehead atoms. The molecule has 0 radical (unpaired) electrons. The van der Waals surface area contributed by atoms with Crippen molar-refractivity contribution in [1.82, 2.24) is 4.90 Å². The second-order valence-corrected chi connectivity index (χ2v) is 6.37. The van der Waals surface area contributed by atoms with E-state index < -0.39 is 0 Å². The summed E-state index contributed by atoms with van der Waals surface area (Å²) in [4.78, 5) is 14.7. The quantitative estimate of drug-likeness (QED) is 0.594. The van der Waals surface area contributed by atoms with E-state index in [0.717, 1.165) is 25.8 Å². The summed E-state index contributed by atoms with van der Waals surface area (Å²) < 4.78 is 0. The van der Waals surface area contributed by atoms with Crippen molar-refractivity contribution in [3.05, 3.63) is 35.9 Å². The molecule has 0 saturated carbocycles. The first kappa shape index (κ1) is 17.9. The summed E-state index contributed by atoms with van der Waals surface area (Å²) >= 11 is 0. The molecule has 1 aromatic rings. The number of rotatable bonds is 10. The van der Waals surface area contributed by atoms with E-state index in [1.165, 1.54) is 24.8 Å². The Balaban J connectivity index is 2.96. The van der Waals surface area contributed by atoms with Crippen LogP contribution in [0.5, 0.6) is 0 Å². The zero-order chi connectivity index (χ0) is 15.7. The molecule has 0 unspecified atom stereocenters. The second-order valence-electron chi connectivity index (χ2n) is 6.37. The molecule has 118 valence electrons. The van der Waals surface area contributed by atoms with E-state index in [1.54, 1.807) is 6.92 Å². The van der Waals surface area contributed by atoms with Gasteiger partial charge in [0.2, 0.25) is 0 Å². The summed E-state index contributed by atoms with van der Waals surface area (Å²) in [5, 5.41) is 0. The summed E-state index contributed by atoms with van der Waals surface area (Å²) in [6.45, 7) is 4.94. The molecule has 0 spiro atoms. The van der Waals surface area contributed by atoms with Gasteiger partial charge in [-0.15, -0.1) is 0 Å². The summed E-state index contributed by atoms with van der Waals surface area (Å²) in [5.74, 6) is 0.312. The molecule has 0 aliphatic heterocycles. The zero-order valence-corrected chi connectivity index (χ0v) is 14.2. The van der Waals surface area contributed by atoms with Crippen molar-refractivity contribution in [2.75, 3.05) is 20.6 Å². The fraction of sp³-hybridized carbons (Fsp3) is 0.632. The van der Waals surface area contributed by atoms with Crippen LogP contribution < -0.4 is 0 Å². The van der Waals surface area contributed by atoms with Crippen molar-refractivity contribution in [3.8, 4) is 0 Å². The lowest BCUT2D eigenvalue weighted by Gasteiger charge is -2.33. The second kappa shape index (κ2) is 8.99. The number of Topliss-reactive ketones (excluding diaryl/α,β-unsaturated/α-hetero) is 1. The summed E-state index contributed by atoms with van der Waals surface area (Å²) in [6.07, 6.45) is 6.73. The molecule has 0 aliphatic carbocycles. The van der Waals surface area contributed by atoms with Crippen LogP contribution in [0.4, 0.5) is 0 Å². The predicted molar refractivity (Wildman–Crippen MR) is 90.7 cm³/mol. The van der Waals surface area contributed by atoms with Gasteiger partial charge < -0.3 is 4.90 Å². The maximum Gasteiger partial charge on any atom is 0.140 e. The van der Waals surface area contributed by atoms with Gasteiger partial charge in [-0.25, -0.2) is 0 Å². The maximum absolute atomic E-state index is 12.5. The molecule has 21 heavy (non-hydrogen) atoms. The van der Waals surface area contributed by atoms with Gasteiger partial charge >= 0.3 is 0 Å². The molecule has 0 heterocycles. The number of carbonyl (C=O) groups is 1. The number of hydrogen-bond donors (Lipinski definition) is 0. The molecule has 0 aliphatic rings. The molecule has 0 fully saturated rings. The van der Waals surface area contributed by atoms with Crippen LogP contribution in [-0.4, -0.2) is 31.3 Å². The van der Waals surface area contributed by atoms with Crippen molar-refractivity contribution in [2.45, 2.75) is 57.8 Å². The highest BCUT2D eigenvalue weighted by atomic mass is 16.1.